The molecular formula is C16H20BrNOS. The van der Waals surface area contributed by atoms with Crippen LogP contribution in [0.3, 0.4) is 0 Å². The molecule has 1 aromatic heterocycles. The summed E-state index contributed by atoms with van der Waals surface area (Å²) in [5.41, 5.74) is 2.58. The molecule has 2 nitrogen and oxygen atoms in total. The maximum atomic E-state index is 5.51. The summed E-state index contributed by atoms with van der Waals surface area (Å²) in [6.07, 6.45) is 1.12. The van der Waals surface area contributed by atoms with Crippen LogP contribution in [0.4, 0.5) is 0 Å². The number of ether oxygens (including phenoxy) is 1. The SMILES string of the molecule is CCCNC(c1ccc(OCC)cc1)c1csc(Br)c1. The molecule has 0 radical (unpaired) electrons. The minimum absolute atomic E-state index is 0.244. The molecule has 0 bridgehead atoms. The van der Waals surface area contributed by atoms with Gasteiger partial charge in [0, 0.05) is 0 Å². The Labute approximate surface area is 133 Å². The first kappa shape index (κ1) is 15.5. The van der Waals surface area contributed by atoms with Crippen LogP contribution in [0.1, 0.15) is 37.4 Å². The highest BCUT2D eigenvalue weighted by atomic mass is 79.9. The highest BCUT2D eigenvalue weighted by Crippen LogP contribution is 2.30. The fourth-order valence-electron chi connectivity index (χ4n) is 2.11. The van der Waals surface area contributed by atoms with E-state index in [4.69, 9.17) is 4.74 Å². The summed E-state index contributed by atoms with van der Waals surface area (Å²) in [5, 5.41) is 5.81. The molecule has 0 saturated carbocycles. The molecule has 108 valence electrons. The van der Waals surface area contributed by atoms with E-state index in [0.29, 0.717) is 6.61 Å². The van der Waals surface area contributed by atoms with Crippen LogP contribution in [-0.4, -0.2) is 13.2 Å². The average Bonchev–Trinajstić information content (AvgIpc) is 2.88. The predicted octanol–water partition coefficient (Wildman–Crippen LogP) is 5.00. The quantitative estimate of drug-likeness (QED) is 0.756. The standard InChI is InChI=1S/C16H20BrNOS/c1-3-9-18-16(13-10-15(17)20-11-13)12-5-7-14(8-6-12)19-4-2/h5-8,10-11,16,18H,3-4,9H2,1-2H3. The van der Waals surface area contributed by atoms with Crippen molar-refractivity contribution in [1.82, 2.24) is 5.32 Å². The minimum Gasteiger partial charge on any atom is -0.494 e. The topological polar surface area (TPSA) is 21.3 Å². The van der Waals surface area contributed by atoms with Crippen molar-refractivity contribution in [3.05, 3.63) is 50.6 Å². The molecule has 1 unspecified atom stereocenters. The molecule has 2 aromatic rings. The lowest BCUT2D eigenvalue weighted by Crippen LogP contribution is -2.22. The van der Waals surface area contributed by atoms with Gasteiger partial charge in [-0.25, -0.2) is 0 Å². The summed E-state index contributed by atoms with van der Waals surface area (Å²) in [6, 6.07) is 10.8. The van der Waals surface area contributed by atoms with Crippen molar-refractivity contribution in [3.8, 4) is 5.75 Å². The van der Waals surface area contributed by atoms with Crippen LogP contribution in [0.5, 0.6) is 5.75 Å². The van der Waals surface area contributed by atoms with Gasteiger partial charge < -0.3 is 10.1 Å². The lowest BCUT2D eigenvalue weighted by molar-refractivity contribution is 0.340. The highest BCUT2D eigenvalue weighted by Gasteiger charge is 2.14. The molecule has 0 spiro atoms. The van der Waals surface area contributed by atoms with Crippen LogP contribution in [0, 0.1) is 0 Å². The zero-order chi connectivity index (χ0) is 14.4. The fraction of sp³-hybridized carbons (Fsp3) is 0.375. The second kappa shape index (κ2) is 7.81. The molecule has 0 amide bonds. The molecular weight excluding hydrogens is 334 g/mol. The van der Waals surface area contributed by atoms with Crippen molar-refractivity contribution in [3.63, 3.8) is 0 Å². The summed E-state index contributed by atoms with van der Waals surface area (Å²) in [7, 11) is 0. The molecule has 2 rings (SSSR count). The van der Waals surface area contributed by atoms with Crippen LogP contribution in [0.25, 0.3) is 0 Å². The van der Waals surface area contributed by atoms with Gasteiger partial charge in [-0.05, 0) is 70.5 Å². The van der Waals surface area contributed by atoms with Crippen LogP contribution in [-0.2, 0) is 0 Å². The third-order valence-electron chi connectivity index (χ3n) is 3.04. The number of halogens is 1. The molecule has 4 heteroatoms. The van der Waals surface area contributed by atoms with E-state index in [1.807, 2.05) is 19.1 Å². The molecule has 1 aromatic carbocycles. The van der Waals surface area contributed by atoms with E-state index in [9.17, 15) is 0 Å². The number of benzene rings is 1. The summed E-state index contributed by atoms with van der Waals surface area (Å²) in [6.45, 7) is 5.90. The zero-order valence-electron chi connectivity index (χ0n) is 11.9. The Hall–Kier alpha value is -0.840. The average molecular weight is 354 g/mol. The van der Waals surface area contributed by atoms with Gasteiger partial charge in [-0.2, -0.15) is 0 Å². The molecule has 0 aliphatic rings. The third-order valence-corrected chi connectivity index (χ3v) is 4.57. The molecule has 1 heterocycles. The number of hydrogen-bond acceptors (Lipinski definition) is 3. The lowest BCUT2D eigenvalue weighted by Gasteiger charge is -2.18. The third kappa shape index (κ3) is 4.08. The molecule has 0 aliphatic carbocycles. The van der Waals surface area contributed by atoms with Gasteiger partial charge in [-0.15, -0.1) is 11.3 Å². The summed E-state index contributed by atoms with van der Waals surface area (Å²) >= 11 is 5.27. The number of nitrogens with one attached hydrogen (secondary N) is 1. The van der Waals surface area contributed by atoms with Crippen molar-refractivity contribution in [1.29, 1.82) is 0 Å². The lowest BCUT2D eigenvalue weighted by atomic mass is 10.0. The Morgan fingerprint density at radius 1 is 1.20 bits per heavy atom. The Balaban J connectivity index is 2.21. The van der Waals surface area contributed by atoms with Gasteiger partial charge in [0.2, 0.25) is 0 Å². The van der Waals surface area contributed by atoms with Gasteiger partial charge in [0.1, 0.15) is 5.75 Å². The zero-order valence-corrected chi connectivity index (χ0v) is 14.3. The maximum Gasteiger partial charge on any atom is 0.119 e. The molecule has 1 N–H and O–H groups in total. The van der Waals surface area contributed by atoms with Crippen molar-refractivity contribution in [2.24, 2.45) is 0 Å². The first-order valence-corrected chi connectivity index (χ1v) is 8.62. The van der Waals surface area contributed by atoms with Crippen LogP contribution >= 0.6 is 27.3 Å². The Kier molecular flexibility index (Phi) is 6.07. The van der Waals surface area contributed by atoms with E-state index >= 15 is 0 Å². The fourth-order valence-corrected chi connectivity index (χ4v) is 3.32. The van der Waals surface area contributed by atoms with Gasteiger partial charge in [-0.3, -0.25) is 0 Å². The van der Waals surface area contributed by atoms with Crippen molar-refractivity contribution in [2.45, 2.75) is 26.3 Å². The Morgan fingerprint density at radius 2 is 1.95 bits per heavy atom. The summed E-state index contributed by atoms with van der Waals surface area (Å²) in [4.78, 5) is 0. The predicted molar refractivity (Wildman–Crippen MR) is 89.8 cm³/mol. The summed E-state index contributed by atoms with van der Waals surface area (Å²) < 4.78 is 6.67. The maximum absolute atomic E-state index is 5.51. The normalized spacial score (nSPS) is 12.3. The smallest absolute Gasteiger partial charge is 0.119 e. The minimum atomic E-state index is 0.244. The number of rotatable bonds is 7. The van der Waals surface area contributed by atoms with Crippen molar-refractivity contribution >= 4 is 27.3 Å². The van der Waals surface area contributed by atoms with Crippen molar-refractivity contribution in [2.75, 3.05) is 13.2 Å². The van der Waals surface area contributed by atoms with Gasteiger partial charge in [0.15, 0.2) is 0 Å². The van der Waals surface area contributed by atoms with E-state index in [1.165, 1.54) is 14.9 Å². The summed E-state index contributed by atoms with van der Waals surface area (Å²) in [5.74, 6) is 0.928. The van der Waals surface area contributed by atoms with Gasteiger partial charge >= 0.3 is 0 Å². The van der Waals surface area contributed by atoms with Crippen LogP contribution in [0.2, 0.25) is 0 Å². The van der Waals surface area contributed by atoms with Crippen LogP contribution < -0.4 is 10.1 Å². The Bertz CT molecular complexity index is 524. The van der Waals surface area contributed by atoms with Gasteiger partial charge in [-0.1, -0.05) is 19.1 Å². The first-order valence-electron chi connectivity index (χ1n) is 6.94. The van der Waals surface area contributed by atoms with Gasteiger partial charge in [0.25, 0.3) is 0 Å². The molecule has 0 fully saturated rings. The second-order valence-electron chi connectivity index (χ2n) is 4.57. The monoisotopic (exact) mass is 353 g/mol. The van der Waals surface area contributed by atoms with Gasteiger partial charge in [0.05, 0.1) is 16.4 Å². The van der Waals surface area contributed by atoms with E-state index in [-0.39, 0.29) is 6.04 Å². The highest BCUT2D eigenvalue weighted by molar-refractivity contribution is 9.11. The molecule has 1 atom stereocenters. The van der Waals surface area contributed by atoms with E-state index in [0.717, 1.165) is 18.7 Å². The Morgan fingerprint density at radius 3 is 2.50 bits per heavy atom. The van der Waals surface area contributed by atoms with E-state index in [1.54, 1.807) is 11.3 Å². The number of hydrogen-bond donors (Lipinski definition) is 1. The number of thiophene rings is 1. The molecule has 0 aliphatic heterocycles. The van der Waals surface area contributed by atoms with Crippen LogP contribution in [0.15, 0.2) is 39.5 Å². The first-order chi connectivity index (χ1) is 9.74. The second-order valence-corrected chi connectivity index (χ2v) is 6.86. The molecule has 20 heavy (non-hydrogen) atoms. The molecule has 0 saturated heterocycles. The van der Waals surface area contributed by atoms with E-state index < -0.39 is 0 Å². The van der Waals surface area contributed by atoms with E-state index in [2.05, 4.69) is 51.7 Å². The largest absolute Gasteiger partial charge is 0.494 e. The van der Waals surface area contributed by atoms with Crippen molar-refractivity contribution < 1.29 is 4.74 Å².